The quantitative estimate of drug-likeness (QED) is 0.364. The second kappa shape index (κ2) is 8.76. The van der Waals surface area contributed by atoms with Crippen molar-refractivity contribution >= 4 is 19.7 Å². The molecule has 0 heterocycles. The van der Waals surface area contributed by atoms with E-state index in [2.05, 4.69) is 0 Å². The fraction of sp³-hybridized carbons (Fsp3) is 0. The van der Waals surface area contributed by atoms with Crippen LogP contribution < -0.4 is 4.74 Å². The van der Waals surface area contributed by atoms with E-state index < -0.39 is 41.1 Å². The summed E-state index contributed by atoms with van der Waals surface area (Å²) in [5, 5.41) is 0. The van der Waals surface area contributed by atoms with Crippen molar-refractivity contribution in [3.05, 3.63) is 109 Å². The van der Waals surface area contributed by atoms with Crippen LogP contribution in [0.3, 0.4) is 0 Å². The number of hydrogen-bond donors (Lipinski definition) is 0. The summed E-state index contributed by atoms with van der Waals surface area (Å²) in [4.78, 5) is -1.33. The van der Waals surface area contributed by atoms with Gasteiger partial charge in [0, 0.05) is 0 Å². The summed E-state index contributed by atoms with van der Waals surface area (Å²) < 4.78 is 85.1. The zero-order valence-electron chi connectivity index (χ0n) is 16.9. The Bertz CT molecular complexity index is 1430. The third kappa shape index (κ3) is 4.50. The number of halogens is 2. The van der Waals surface area contributed by atoms with E-state index in [-0.39, 0.29) is 21.3 Å². The Morgan fingerprint density at radius 3 is 1.30 bits per heavy atom. The lowest BCUT2D eigenvalue weighted by Crippen LogP contribution is -2.05. The van der Waals surface area contributed by atoms with Crippen molar-refractivity contribution in [2.75, 3.05) is 0 Å². The standard InChI is InChI=1S/C24H16F2O5S2/c25-21-11-1-3-13-23(21)32(27,28)19-9-5-7-17(15-19)31-18-8-6-10-20(16-18)33(29,30)24-14-4-2-12-22(24)26/h1-16H. The lowest BCUT2D eigenvalue weighted by molar-refractivity contribution is 0.478. The van der Waals surface area contributed by atoms with Gasteiger partial charge in [0.1, 0.15) is 32.9 Å². The highest BCUT2D eigenvalue weighted by atomic mass is 32.2. The maximum atomic E-state index is 14.0. The van der Waals surface area contributed by atoms with E-state index in [1.54, 1.807) is 0 Å². The molecule has 4 rings (SSSR count). The summed E-state index contributed by atoms with van der Waals surface area (Å²) in [6, 6.07) is 20.8. The SMILES string of the molecule is O=S(=O)(c1cccc(Oc2cccc(S(=O)(=O)c3ccccc3F)c2)c1)c1ccccc1F. The van der Waals surface area contributed by atoms with E-state index in [1.165, 1.54) is 72.8 Å². The second-order valence-electron chi connectivity index (χ2n) is 6.92. The molecule has 0 unspecified atom stereocenters. The van der Waals surface area contributed by atoms with E-state index in [1.807, 2.05) is 0 Å². The molecule has 0 aliphatic carbocycles. The first-order valence-corrected chi connectivity index (χ1v) is 12.5. The molecule has 4 aromatic carbocycles. The van der Waals surface area contributed by atoms with Crippen LogP contribution in [0.5, 0.6) is 11.5 Å². The summed E-state index contributed by atoms with van der Waals surface area (Å²) in [5.74, 6) is -1.58. The summed E-state index contributed by atoms with van der Waals surface area (Å²) in [7, 11) is -8.30. The van der Waals surface area contributed by atoms with Crippen LogP contribution in [0.2, 0.25) is 0 Å². The van der Waals surface area contributed by atoms with Crippen LogP contribution in [-0.2, 0) is 19.7 Å². The molecule has 4 aromatic rings. The van der Waals surface area contributed by atoms with Crippen LogP contribution in [0.1, 0.15) is 0 Å². The van der Waals surface area contributed by atoms with Gasteiger partial charge in [0.05, 0.1) is 9.79 Å². The fourth-order valence-electron chi connectivity index (χ4n) is 3.13. The van der Waals surface area contributed by atoms with Gasteiger partial charge in [0.2, 0.25) is 19.7 Å². The molecule has 0 amide bonds. The Balaban J connectivity index is 1.67. The van der Waals surface area contributed by atoms with E-state index in [9.17, 15) is 25.6 Å². The summed E-state index contributed by atoms with van der Waals surface area (Å²) >= 11 is 0. The maximum absolute atomic E-state index is 14.0. The van der Waals surface area contributed by atoms with Crippen LogP contribution in [0, 0.1) is 11.6 Å². The molecule has 0 spiro atoms. The van der Waals surface area contributed by atoms with Crippen molar-refractivity contribution in [3.63, 3.8) is 0 Å². The Labute approximate surface area is 189 Å². The van der Waals surface area contributed by atoms with Gasteiger partial charge in [-0.05, 0) is 60.7 Å². The monoisotopic (exact) mass is 486 g/mol. The van der Waals surface area contributed by atoms with Gasteiger partial charge in [-0.3, -0.25) is 0 Å². The van der Waals surface area contributed by atoms with Gasteiger partial charge in [0.15, 0.2) is 0 Å². The van der Waals surface area contributed by atoms with Gasteiger partial charge in [-0.25, -0.2) is 25.6 Å². The van der Waals surface area contributed by atoms with Crippen molar-refractivity contribution in [2.24, 2.45) is 0 Å². The number of benzene rings is 4. The number of sulfone groups is 2. The van der Waals surface area contributed by atoms with Crippen molar-refractivity contribution in [1.82, 2.24) is 0 Å². The molecule has 0 radical (unpaired) electrons. The molecule has 0 aliphatic rings. The van der Waals surface area contributed by atoms with E-state index in [0.29, 0.717) is 0 Å². The predicted octanol–water partition coefficient (Wildman–Crippen LogP) is 5.42. The second-order valence-corrected chi connectivity index (χ2v) is 10.8. The highest BCUT2D eigenvalue weighted by molar-refractivity contribution is 7.91. The van der Waals surface area contributed by atoms with E-state index in [4.69, 9.17) is 4.74 Å². The molecule has 0 aliphatic heterocycles. The Morgan fingerprint density at radius 1 is 0.515 bits per heavy atom. The molecule has 33 heavy (non-hydrogen) atoms. The van der Waals surface area contributed by atoms with Crippen LogP contribution in [0.4, 0.5) is 8.78 Å². The summed E-state index contributed by atoms with van der Waals surface area (Å²) in [6.45, 7) is 0. The summed E-state index contributed by atoms with van der Waals surface area (Å²) in [5.41, 5.74) is 0. The summed E-state index contributed by atoms with van der Waals surface area (Å²) in [6.07, 6.45) is 0. The van der Waals surface area contributed by atoms with Crippen molar-refractivity contribution < 1.29 is 30.4 Å². The molecule has 0 saturated heterocycles. The van der Waals surface area contributed by atoms with Crippen LogP contribution in [-0.4, -0.2) is 16.8 Å². The molecule has 168 valence electrons. The first kappa shape index (κ1) is 22.6. The van der Waals surface area contributed by atoms with Gasteiger partial charge in [0.25, 0.3) is 0 Å². The third-order valence-electron chi connectivity index (χ3n) is 4.72. The van der Waals surface area contributed by atoms with Crippen LogP contribution in [0.15, 0.2) is 117 Å². The van der Waals surface area contributed by atoms with Crippen molar-refractivity contribution in [3.8, 4) is 11.5 Å². The molecular formula is C24H16F2O5S2. The molecule has 0 atom stereocenters. The maximum Gasteiger partial charge on any atom is 0.209 e. The lowest BCUT2D eigenvalue weighted by atomic mass is 10.3. The Hall–Kier alpha value is -3.56. The van der Waals surface area contributed by atoms with Gasteiger partial charge in [-0.2, -0.15) is 0 Å². The molecule has 5 nitrogen and oxygen atoms in total. The number of rotatable bonds is 6. The van der Waals surface area contributed by atoms with E-state index in [0.717, 1.165) is 24.3 Å². The van der Waals surface area contributed by atoms with E-state index >= 15 is 0 Å². The molecule has 9 heteroatoms. The van der Waals surface area contributed by atoms with Gasteiger partial charge in [-0.15, -0.1) is 0 Å². The highest BCUT2D eigenvalue weighted by Gasteiger charge is 2.23. The molecule has 0 saturated carbocycles. The average Bonchev–Trinajstić information content (AvgIpc) is 2.80. The van der Waals surface area contributed by atoms with Crippen molar-refractivity contribution in [2.45, 2.75) is 19.6 Å². The van der Waals surface area contributed by atoms with Gasteiger partial charge >= 0.3 is 0 Å². The smallest absolute Gasteiger partial charge is 0.209 e. The molecular weight excluding hydrogens is 470 g/mol. The van der Waals surface area contributed by atoms with Crippen LogP contribution in [0.25, 0.3) is 0 Å². The largest absolute Gasteiger partial charge is 0.457 e. The third-order valence-corrected chi connectivity index (χ3v) is 8.29. The topological polar surface area (TPSA) is 77.5 Å². The normalized spacial score (nSPS) is 11.8. The Kier molecular flexibility index (Phi) is 6.01. The first-order chi connectivity index (χ1) is 15.7. The van der Waals surface area contributed by atoms with Crippen LogP contribution >= 0.6 is 0 Å². The number of ether oxygens (including phenoxy) is 1. The molecule has 0 fully saturated rings. The average molecular weight is 487 g/mol. The first-order valence-electron chi connectivity index (χ1n) is 9.57. The highest BCUT2D eigenvalue weighted by Crippen LogP contribution is 2.31. The molecule has 0 aromatic heterocycles. The predicted molar refractivity (Wildman–Crippen MR) is 117 cm³/mol. The minimum absolute atomic E-state index is 0.0906. The molecule has 0 N–H and O–H groups in total. The zero-order chi connectivity index (χ0) is 23.6. The lowest BCUT2D eigenvalue weighted by Gasteiger charge is -2.11. The minimum atomic E-state index is -4.15. The van der Waals surface area contributed by atoms with Gasteiger partial charge in [-0.1, -0.05) is 36.4 Å². The number of hydrogen-bond acceptors (Lipinski definition) is 5. The Morgan fingerprint density at radius 2 is 0.909 bits per heavy atom. The fourth-order valence-corrected chi connectivity index (χ4v) is 5.86. The van der Waals surface area contributed by atoms with Crippen molar-refractivity contribution in [1.29, 1.82) is 0 Å². The zero-order valence-corrected chi connectivity index (χ0v) is 18.5. The minimum Gasteiger partial charge on any atom is -0.457 e. The van der Waals surface area contributed by atoms with Gasteiger partial charge < -0.3 is 4.74 Å². The molecule has 0 bridgehead atoms.